The topological polar surface area (TPSA) is 81.9 Å². The summed E-state index contributed by atoms with van der Waals surface area (Å²) >= 11 is 0. The molecule has 0 saturated heterocycles. The molecule has 7 heteroatoms. The Morgan fingerprint density at radius 3 is 2.50 bits per heavy atom. The van der Waals surface area contributed by atoms with Crippen molar-refractivity contribution in [1.29, 1.82) is 0 Å². The molecule has 0 aliphatic heterocycles. The first kappa shape index (κ1) is 19.3. The molecule has 2 aromatic carbocycles. The highest BCUT2D eigenvalue weighted by Crippen LogP contribution is 2.23. The fourth-order valence-electron chi connectivity index (χ4n) is 3.10. The summed E-state index contributed by atoms with van der Waals surface area (Å²) in [5.74, 6) is 2.16. The smallest absolute Gasteiger partial charge is 0.255 e. The van der Waals surface area contributed by atoms with Crippen LogP contribution in [0.5, 0.6) is 11.6 Å². The van der Waals surface area contributed by atoms with Gasteiger partial charge in [-0.25, -0.2) is 9.97 Å². The van der Waals surface area contributed by atoms with Crippen LogP contribution in [-0.2, 0) is 0 Å². The van der Waals surface area contributed by atoms with Gasteiger partial charge >= 0.3 is 0 Å². The van der Waals surface area contributed by atoms with E-state index in [1.807, 2.05) is 32.0 Å². The van der Waals surface area contributed by atoms with E-state index in [9.17, 15) is 4.79 Å². The Morgan fingerprint density at radius 1 is 1.00 bits per heavy atom. The van der Waals surface area contributed by atoms with E-state index >= 15 is 0 Å². The van der Waals surface area contributed by atoms with Crippen molar-refractivity contribution in [3.05, 3.63) is 89.8 Å². The second-order valence-electron chi connectivity index (χ2n) is 6.98. The van der Waals surface area contributed by atoms with Crippen LogP contribution in [0, 0.1) is 20.8 Å². The van der Waals surface area contributed by atoms with Gasteiger partial charge in [-0.05, 0) is 56.7 Å². The summed E-state index contributed by atoms with van der Waals surface area (Å²) in [5.41, 5.74) is 3.41. The van der Waals surface area contributed by atoms with Gasteiger partial charge in [0.05, 0.1) is 0 Å². The lowest BCUT2D eigenvalue weighted by Crippen LogP contribution is -2.13. The highest BCUT2D eigenvalue weighted by atomic mass is 16.5. The van der Waals surface area contributed by atoms with Crippen LogP contribution in [0.4, 0.5) is 5.69 Å². The van der Waals surface area contributed by atoms with Gasteiger partial charge in [0.15, 0.2) is 0 Å². The number of carbonyl (C=O) groups is 1. The number of nitrogens with one attached hydrogen (secondary N) is 1. The predicted molar refractivity (Wildman–Crippen MR) is 114 cm³/mol. The lowest BCUT2D eigenvalue weighted by molar-refractivity contribution is 0.102. The molecule has 0 fully saturated rings. The van der Waals surface area contributed by atoms with Gasteiger partial charge in [-0.2, -0.15) is 4.98 Å². The van der Waals surface area contributed by atoms with E-state index < -0.39 is 0 Å². The number of aromatic nitrogens is 4. The number of imidazole rings is 1. The van der Waals surface area contributed by atoms with Gasteiger partial charge in [0, 0.05) is 29.7 Å². The zero-order valence-corrected chi connectivity index (χ0v) is 17.0. The SMILES string of the molecule is Cc1ccc(C(=O)Nc2ccc(Oc3cc(-n4ccnc4)nc(C)n3)cc2)c(C)c1. The lowest BCUT2D eigenvalue weighted by Gasteiger charge is -2.10. The predicted octanol–water partition coefficient (Wildman–Crippen LogP) is 4.63. The third-order valence-electron chi connectivity index (χ3n) is 4.53. The highest BCUT2D eigenvalue weighted by Gasteiger charge is 2.10. The monoisotopic (exact) mass is 399 g/mol. The van der Waals surface area contributed by atoms with E-state index in [4.69, 9.17) is 4.74 Å². The number of carbonyl (C=O) groups excluding carboxylic acids is 1. The Kier molecular flexibility index (Phi) is 5.26. The maximum absolute atomic E-state index is 12.5. The van der Waals surface area contributed by atoms with Crippen molar-refractivity contribution < 1.29 is 9.53 Å². The van der Waals surface area contributed by atoms with Crippen LogP contribution in [0.25, 0.3) is 5.82 Å². The number of rotatable bonds is 5. The number of aryl methyl sites for hydroxylation is 3. The number of ether oxygens (including phenoxy) is 1. The van der Waals surface area contributed by atoms with Crippen LogP contribution in [0.3, 0.4) is 0 Å². The molecular weight excluding hydrogens is 378 g/mol. The summed E-state index contributed by atoms with van der Waals surface area (Å²) in [5, 5.41) is 2.92. The fourth-order valence-corrected chi connectivity index (χ4v) is 3.10. The maximum Gasteiger partial charge on any atom is 0.255 e. The molecule has 4 aromatic rings. The van der Waals surface area contributed by atoms with Gasteiger partial charge in [0.2, 0.25) is 5.88 Å². The summed E-state index contributed by atoms with van der Waals surface area (Å²) in [6, 6.07) is 14.7. The van der Waals surface area contributed by atoms with Crippen molar-refractivity contribution in [2.24, 2.45) is 0 Å². The van der Waals surface area contributed by atoms with Crippen molar-refractivity contribution in [1.82, 2.24) is 19.5 Å². The Hall–Kier alpha value is -4.00. The number of amides is 1. The van der Waals surface area contributed by atoms with Gasteiger partial charge in [-0.3, -0.25) is 9.36 Å². The molecule has 1 amide bonds. The minimum absolute atomic E-state index is 0.141. The molecule has 2 aromatic heterocycles. The molecule has 0 spiro atoms. The zero-order chi connectivity index (χ0) is 21.1. The summed E-state index contributed by atoms with van der Waals surface area (Å²) in [4.78, 5) is 25.3. The lowest BCUT2D eigenvalue weighted by atomic mass is 10.1. The van der Waals surface area contributed by atoms with Crippen molar-refractivity contribution >= 4 is 11.6 Å². The molecule has 7 nitrogen and oxygen atoms in total. The Morgan fingerprint density at radius 2 is 1.80 bits per heavy atom. The molecule has 4 rings (SSSR count). The molecule has 150 valence electrons. The van der Waals surface area contributed by atoms with Gasteiger partial charge < -0.3 is 10.1 Å². The molecular formula is C23H21N5O2. The molecule has 0 unspecified atom stereocenters. The second-order valence-corrected chi connectivity index (χ2v) is 6.98. The summed E-state index contributed by atoms with van der Waals surface area (Å²) in [6.07, 6.45) is 5.15. The molecule has 2 heterocycles. The Bertz CT molecular complexity index is 1180. The minimum atomic E-state index is -0.141. The molecule has 0 saturated carbocycles. The summed E-state index contributed by atoms with van der Waals surface area (Å²) in [7, 11) is 0. The van der Waals surface area contributed by atoms with E-state index in [1.165, 1.54) is 0 Å². The number of hydrogen-bond acceptors (Lipinski definition) is 5. The first-order valence-corrected chi connectivity index (χ1v) is 9.48. The third kappa shape index (κ3) is 4.35. The quantitative estimate of drug-likeness (QED) is 0.529. The van der Waals surface area contributed by atoms with Gasteiger partial charge in [-0.15, -0.1) is 0 Å². The number of hydrogen-bond donors (Lipinski definition) is 1. The highest BCUT2D eigenvalue weighted by molar-refractivity contribution is 6.05. The van der Waals surface area contributed by atoms with E-state index in [-0.39, 0.29) is 5.91 Å². The Balaban J connectivity index is 1.47. The largest absolute Gasteiger partial charge is 0.439 e. The summed E-state index contributed by atoms with van der Waals surface area (Å²) in [6.45, 7) is 5.74. The Labute approximate surface area is 174 Å². The normalized spacial score (nSPS) is 10.6. The number of benzene rings is 2. The third-order valence-corrected chi connectivity index (χ3v) is 4.53. The average molecular weight is 399 g/mol. The zero-order valence-electron chi connectivity index (χ0n) is 17.0. The number of nitrogens with zero attached hydrogens (tertiary/aromatic N) is 4. The van der Waals surface area contributed by atoms with Crippen LogP contribution in [0.2, 0.25) is 0 Å². The summed E-state index contributed by atoms with van der Waals surface area (Å²) < 4.78 is 7.66. The van der Waals surface area contributed by atoms with Crippen molar-refractivity contribution in [2.45, 2.75) is 20.8 Å². The molecule has 1 N–H and O–H groups in total. The first-order valence-electron chi connectivity index (χ1n) is 9.48. The van der Waals surface area contributed by atoms with Crippen LogP contribution < -0.4 is 10.1 Å². The van der Waals surface area contributed by atoms with E-state index in [0.29, 0.717) is 34.5 Å². The number of anilines is 1. The van der Waals surface area contributed by atoms with Crippen molar-refractivity contribution in [2.75, 3.05) is 5.32 Å². The molecule has 0 atom stereocenters. The van der Waals surface area contributed by atoms with Crippen LogP contribution in [-0.4, -0.2) is 25.4 Å². The molecule has 0 radical (unpaired) electrons. The first-order chi connectivity index (χ1) is 14.5. The van der Waals surface area contributed by atoms with Gasteiger partial charge in [0.1, 0.15) is 23.7 Å². The fraction of sp³-hybridized carbons (Fsp3) is 0.130. The van der Waals surface area contributed by atoms with Crippen LogP contribution in [0.1, 0.15) is 27.3 Å². The standard InChI is InChI=1S/C23H21N5O2/c1-15-4-9-20(16(2)12-15)23(29)27-18-5-7-19(8-6-18)30-22-13-21(25-17(3)26-22)28-11-10-24-14-28/h4-14H,1-3H3,(H,27,29). The van der Waals surface area contributed by atoms with Gasteiger partial charge in [-0.1, -0.05) is 17.7 Å². The second kappa shape index (κ2) is 8.16. The molecule has 0 aliphatic carbocycles. The molecule has 30 heavy (non-hydrogen) atoms. The van der Waals surface area contributed by atoms with Gasteiger partial charge in [0.25, 0.3) is 5.91 Å². The van der Waals surface area contributed by atoms with Crippen molar-refractivity contribution in [3.8, 4) is 17.4 Å². The molecule has 0 bridgehead atoms. The van der Waals surface area contributed by atoms with E-state index in [1.54, 1.807) is 60.5 Å². The molecule has 0 aliphatic rings. The van der Waals surface area contributed by atoms with Crippen LogP contribution in [0.15, 0.2) is 67.3 Å². The van der Waals surface area contributed by atoms with Crippen LogP contribution >= 0.6 is 0 Å². The van der Waals surface area contributed by atoms with Crippen molar-refractivity contribution in [3.63, 3.8) is 0 Å². The van der Waals surface area contributed by atoms with E-state index in [0.717, 1.165) is 11.1 Å². The maximum atomic E-state index is 12.5. The average Bonchev–Trinajstić information content (AvgIpc) is 3.24. The van der Waals surface area contributed by atoms with E-state index in [2.05, 4.69) is 20.3 Å². The minimum Gasteiger partial charge on any atom is -0.439 e.